The largest absolute Gasteiger partial charge is 0.0616 e. The van der Waals surface area contributed by atoms with Crippen LogP contribution in [0.1, 0.15) is 29.5 Å². The normalized spacial score (nSPS) is 16.9. The van der Waals surface area contributed by atoms with Gasteiger partial charge >= 0.3 is 0 Å². The van der Waals surface area contributed by atoms with E-state index < -0.39 is 0 Å². The number of hydrogen-bond donors (Lipinski definition) is 0. The molecule has 0 nitrogen and oxygen atoms in total. The third-order valence-electron chi connectivity index (χ3n) is 5.41. The van der Waals surface area contributed by atoms with E-state index in [-0.39, 0.29) is 0 Å². The summed E-state index contributed by atoms with van der Waals surface area (Å²) in [6, 6.07) is 20.3. The zero-order valence-electron chi connectivity index (χ0n) is 13.0. The molecule has 0 fully saturated rings. The Labute approximate surface area is 130 Å². The molecule has 0 heterocycles. The van der Waals surface area contributed by atoms with E-state index >= 15 is 0 Å². The second-order valence-corrected chi connectivity index (χ2v) is 6.74. The first-order valence-corrected chi connectivity index (χ1v) is 8.10. The van der Waals surface area contributed by atoms with Gasteiger partial charge in [0.1, 0.15) is 0 Å². The summed E-state index contributed by atoms with van der Waals surface area (Å²) in [5, 5.41) is 8.49. The van der Waals surface area contributed by atoms with E-state index in [9.17, 15) is 0 Å². The van der Waals surface area contributed by atoms with Crippen LogP contribution in [0.15, 0.2) is 54.6 Å². The molecule has 0 N–H and O–H groups in total. The van der Waals surface area contributed by atoms with Gasteiger partial charge in [-0.05, 0) is 74.3 Å². The fourth-order valence-corrected chi connectivity index (χ4v) is 4.37. The van der Waals surface area contributed by atoms with Crippen molar-refractivity contribution in [2.24, 2.45) is 0 Å². The first-order chi connectivity index (χ1) is 10.7. The Morgan fingerprint density at radius 1 is 0.818 bits per heavy atom. The molecule has 5 rings (SSSR count). The Morgan fingerprint density at radius 2 is 1.64 bits per heavy atom. The highest BCUT2D eigenvalue weighted by Gasteiger charge is 2.25. The second kappa shape index (κ2) is 4.10. The van der Waals surface area contributed by atoms with E-state index in [1.54, 1.807) is 11.1 Å². The molecule has 0 aliphatic heterocycles. The predicted molar refractivity (Wildman–Crippen MR) is 95.8 cm³/mol. The summed E-state index contributed by atoms with van der Waals surface area (Å²) < 4.78 is 0. The zero-order valence-corrected chi connectivity index (χ0v) is 13.0. The minimum absolute atomic E-state index is 0.614. The number of rotatable bonds is 0. The average molecular weight is 282 g/mol. The van der Waals surface area contributed by atoms with Crippen LogP contribution in [-0.2, 0) is 6.42 Å². The molecule has 1 aliphatic rings. The van der Waals surface area contributed by atoms with E-state index in [0.29, 0.717) is 5.92 Å². The highest BCUT2D eigenvalue weighted by atomic mass is 14.3. The van der Waals surface area contributed by atoms with Crippen molar-refractivity contribution in [2.45, 2.75) is 26.2 Å². The van der Waals surface area contributed by atoms with Gasteiger partial charge in [0.15, 0.2) is 0 Å². The molecule has 0 heteroatoms. The van der Waals surface area contributed by atoms with E-state index in [2.05, 4.69) is 68.4 Å². The fraction of sp³-hybridized carbons (Fsp3) is 0.182. The third-order valence-corrected chi connectivity index (χ3v) is 5.41. The van der Waals surface area contributed by atoms with Crippen molar-refractivity contribution >= 4 is 32.3 Å². The van der Waals surface area contributed by atoms with Crippen molar-refractivity contribution in [3.63, 3.8) is 0 Å². The van der Waals surface area contributed by atoms with Gasteiger partial charge in [0.2, 0.25) is 0 Å². The minimum Gasteiger partial charge on any atom is -0.0616 e. The molecule has 4 aromatic carbocycles. The maximum Gasteiger partial charge on any atom is -0.00961 e. The van der Waals surface area contributed by atoms with Crippen LogP contribution in [-0.4, -0.2) is 0 Å². The van der Waals surface area contributed by atoms with E-state index in [0.717, 1.165) is 0 Å². The lowest BCUT2D eigenvalue weighted by atomic mass is 9.91. The van der Waals surface area contributed by atoms with E-state index in [1.165, 1.54) is 44.3 Å². The molecule has 0 radical (unpaired) electrons. The summed E-state index contributed by atoms with van der Waals surface area (Å²) in [7, 11) is 0. The van der Waals surface area contributed by atoms with Crippen LogP contribution >= 0.6 is 0 Å². The van der Waals surface area contributed by atoms with Gasteiger partial charge in [-0.1, -0.05) is 55.5 Å². The van der Waals surface area contributed by atoms with Crippen molar-refractivity contribution in [1.82, 2.24) is 0 Å². The van der Waals surface area contributed by atoms with Gasteiger partial charge in [0.05, 0.1) is 0 Å². The third kappa shape index (κ3) is 1.42. The summed E-state index contributed by atoms with van der Waals surface area (Å²) in [5.41, 5.74) is 4.57. The minimum atomic E-state index is 0.614. The van der Waals surface area contributed by atoms with Crippen molar-refractivity contribution < 1.29 is 0 Å². The van der Waals surface area contributed by atoms with Gasteiger partial charge in [-0.25, -0.2) is 0 Å². The molecule has 0 amide bonds. The quantitative estimate of drug-likeness (QED) is 0.269. The molecular weight excluding hydrogens is 264 g/mol. The SMILES string of the molecule is Cc1ccc2cc3c(ccc4ccccc43)c3c2c1CC3C. The van der Waals surface area contributed by atoms with Crippen LogP contribution in [0, 0.1) is 6.92 Å². The van der Waals surface area contributed by atoms with Crippen LogP contribution in [0.3, 0.4) is 0 Å². The maximum atomic E-state index is 2.40. The molecule has 1 atom stereocenters. The first-order valence-electron chi connectivity index (χ1n) is 8.10. The van der Waals surface area contributed by atoms with Crippen LogP contribution in [0.4, 0.5) is 0 Å². The molecule has 0 bridgehead atoms. The van der Waals surface area contributed by atoms with Gasteiger partial charge in [-0.3, -0.25) is 0 Å². The lowest BCUT2D eigenvalue weighted by Gasteiger charge is -2.13. The average Bonchev–Trinajstić information content (AvgIpc) is 2.90. The Balaban J connectivity index is 2.08. The standard InChI is InChI=1S/C22H18/c1-13-7-8-16-12-20-17-6-4-3-5-15(17)9-10-18(20)21-14(2)11-19(13)22(16)21/h3-10,12,14H,11H2,1-2H3. The summed E-state index contributed by atoms with van der Waals surface area (Å²) in [5.74, 6) is 0.614. The van der Waals surface area contributed by atoms with Crippen LogP contribution in [0.25, 0.3) is 32.3 Å². The summed E-state index contributed by atoms with van der Waals surface area (Å²) in [6.45, 7) is 4.63. The fourth-order valence-electron chi connectivity index (χ4n) is 4.37. The van der Waals surface area contributed by atoms with Gasteiger partial charge in [0, 0.05) is 0 Å². The molecular formula is C22H18. The molecule has 1 aliphatic carbocycles. The molecule has 0 spiro atoms. The first kappa shape index (κ1) is 12.2. The lowest BCUT2D eigenvalue weighted by Crippen LogP contribution is -1.91. The van der Waals surface area contributed by atoms with E-state index in [4.69, 9.17) is 0 Å². The highest BCUT2D eigenvalue weighted by Crippen LogP contribution is 2.45. The van der Waals surface area contributed by atoms with Crippen molar-refractivity contribution in [1.29, 1.82) is 0 Å². The van der Waals surface area contributed by atoms with Gasteiger partial charge in [-0.2, -0.15) is 0 Å². The zero-order chi connectivity index (χ0) is 14.8. The number of fused-ring (bicyclic) bond motifs is 4. The van der Waals surface area contributed by atoms with Crippen molar-refractivity contribution in [3.8, 4) is 0 Å². The lowest BCUT2D eigenvalue weighted by molar-refractivity contribution is 0.801. The molecule has 0 saturated heterocycles. The predicted octanol–water partition coefficient (Wildman–Crippen LogP) is 6.11. The Morgan fingerprint density at radius 3 is 2.55 bits per heavy atom. The Kier molecular flexibility index (Phi) is 2.28. The summed E-state index contributed by atoms with van der Waals surface area (Å²) in [6.07, 6.45) is 1.18. The summed E-state index contributed by atoms with van der Waals surface area (Å²) >= 11 is 0. The monoisotopic (exact) mass is 282 g/mol. The van der Waals surface area contributed by atoms with Crippen molar-refractivity contribution in [3.05, 3.63) is 71.3 Å². The molecule has 0 saturated carbocycles. The number of hydrogen-bond acceptors (Lipinski definition) is 0. The molecule has 22 heavy (non-hydrogen) atoms. The Hall–Kier alpha value is -2.34. The van der Waals surface area contributed by atoms with Gasteiger partial charge in [-0.15, -0.1) is 0 Å². The number of benzene rings is 4. The molecule has 106 valence electrons. The second-order valence-electron chi connectivity index (χ2n) is 6.74. The van der Waals surface area contributed by atoms with Crippen molar-refractivity contribution in [2.75, 3.05) is 0 Å². The molecule has 0 aromatic heterocycles. The molecule has 1 unspecified atom stereocenters. The van der Waals surface area contributed by atoms with Gasteiger partial charge < -0.3 is 0 Å². The van der Waals surface area contributed by atoms with E-state index in [1.807, 2.05) is 0 Å². The topological polar surface area (TPSA) is 0 Å². The van der Waals surface area contributed by atoms with Crippen LogP contribution in [0.5, 0.6) is 0 Å². The maximum absolute atomic E-state index is 2.40. The van der Waals surface area contributed by atoms with Crippen LogP contribution in [0.2, 0.25) is 0 Å². The smallest absolute Gasteiger partial charge is 0.00961 e. The van der Waals surface area contributed by atoms with Gasteiger partial charge in [0.25, 0.3) is 0 Å². The molecule has 4 aromatic rings. The highest BCUT2D eigenvalue weighted by molar-refractivity contribution is 6.15. The summed E-state index contributed by atoms with van der Waals surface area (Å²) in [4.78, 5) is 0. The van der Waals surface area contributed by atoms with Crippen LogP contribution < -0.4 is 0 Å². The Bertz CT molecular complexity index is 1070. The number of aryl methyl sites for hydroxylation is 1.